The lowest BCUT2D eigenvalue weighted by atomic mass is 9.95. The van der Waals surface area contributed by atoms with Gasteiger partial charge in [-0.15, -0.1) is 0 Å². The number of piperidine rings is 1. The summed E-state index contributed by atoms with van der Waals surface area (Å²) in [6, 6.07) is 0.357. The van der Waals surface area contributed by atoms with Crippen LogP contribution < -0.4 is 5.73 Å². The lowest BCUT2D eigenvalue weighted by molar-refractivity contribution is 0.0911. The second-order valence-electron chi connectivity index (χ2n) is 4.04. The van der Waals surface area contributed by atoms with Crippen molar-refractivity contribution in [1.82, 2.24) is 4.90 Å². The van der Waals surface area contributed by atoms with Gasteiger partial charge >= 0.3 is 0 Å². The van der Waals surface area contributed by atoms with Crippen molar-refractivity contribution in [3.8, 4) is 0 Å². The highest BCUT2D eigenvalue weighted by Crippen LogP contribution is 2.14. The molecule has 1 rings (SSSR count). The third-order valence-electron chi connectivity index (χ3n) is 2.58. The molecule has 0 aliphatic carbocycles. The minimum atomic E-state index is -0.216. The number of nitrogens with zero attached hydrogens (tertiary/aromatic N) is 1. The highest BCUT2D eigenvalue weighted by atomic mass is 16.3. The van der Waals surface area contributed by atoms with Gasteiger partial charge in [-0.05, 0) is 25.8 Å². The zero-order chi connectivity index (χ0) is 9.14. The number of rotatable bonds is 2. The molecule has 0 spiro atoms. The molecule has 1 aliphatic rings. The first-order valence-corrected chi connectivity index (χ1v) is 4.75. The molecule has 1 heterocycles. The van der Waals surface area contributed by atoms with E-state index in [-0.39, 0.29) is 6.10 Å². The number of β-amino-alcohol motifs (C(OH)–C–C–N with tert-alkyl or cyclic N) is 1. The summed E-state index contributed by atoms with van der Waals surface area (Å²) < 4.78 is 0. The van der Waals surface area contributed by atoms with Crippen LogP contribution in [0.2, 0.25) is 0 Å². The lowest BCUT2D eigenvalue weighted by Gasteiger charge is -2.35. The maximum Gasteiger partial charge on any atom is 0.0639 e. The van der Waals surface area contributed by atoms with E-state index in [1.54, 1.807) is 0 Å². The first-order chi connectivity index (χ1) is 5.59. The molecule has 1 saturated heterocycles. The molecule has 0 aromatic rings. The zero-order valence-electron chi connectivity index (χ0n) is 8.03. The molecule has 0 aromatic heterocycles. The molecule has 3 heteroatoms. The van der Waals surface area contributed by atoms with Crippen LogP contribution in [0.3, 0.4) is 0 Å². The van der Waals surface area contributed by atoms with Crippen LogP contribution >= 0.6 is 0 Å². The van der Waals surface area contributed by atoms with E-state index < -0.39 is 0 Å². The molecular weight excluding hydrogens is 152 g/mol. The van der Waals surface area contributed by atoms with Crippen LogP contribution in [0.4, 0.5) is 0 Å². The maximum absolute atomic E-state index is 9.18. The predicted molar refractivity (Wildman–Crippen MR) is 49.9 cm³/mol. The molecule has 0 aromatic carbocycles. The van der Waals surface area contributed by atoms with E-state index in [1.165, 1.54) is 0 Å². The van der Waals surface area contributed by atoms with Crippen LogP contribution in [0, 0.1) is 5.92 Å². The Kier molecular flexibility index (Phi) is 3.50. The van der Waals surface area contributed by atoms with Crippen molar-refractivity contribution < 1.29 is 5.11 Å². The van der Waals surface area contributed by atoms with Crippen molar-refractivity contribution in [2.24, 2.45) is 11.7 Å². The third kappa shape index (κ3) is 2.73. The van der Waals surface area contributed by atoms with E-state index in [4.69, 9.17) is 5.73 Å². The summed E-state index contributed by atoms with van der Waals surface area (Å²) in [7, 11) is 0. The third-order valence-corrected chi connectivity index (χ3v) is 2.58. The van der Waals surface area contributed by atoms with Gasteiger partial charge in [-0.1, -0.05) is 6.92 Å². The number of hydrogen-bond donors (Lipinski definition) is 2. The molecule has 3 atom stereocenters. The number of hydrogen-bond acceptors (Lipinski definition) is 3. The van der Waals surface area contributed by atoms with Gasteiger partial charge in [0.2, 0.25) is 0 Å². The van der Waals surface area contributed by atoms with Gasteiger partial charge in [-0.2, -0.15) is 0 Å². The Morgan fingerprint density at radius 2 is 2.33 bits per heavy atom. The minimum Gasteiger partial charge on any atom is -0.392 e. The van der Waals surface area contributed by atoms with Crippen molar-refractivity contribution in [1.29, 1.82) is 0 Å². The first kappa shape index (κ1) is 9.96. The standard InChI is InChI=1S/C9H20N2O/c1-7-5-11(6-8(2)12)4-3-9(7)10/h7-9,12H,3-6,10H2,1-2H3/t7?,8-,9?/m0/s1. The smallest absolute Gasteiger partial charge is 0.0639 e. The Labute approximate surface area is 74.5 Å². The van der Waals surface area contributed by atoms with Crippen molar-refractivity contribution >= 4 is 0 Å². The number of nitrogens with two attached hydrogens (primary N) is 1. The SMILES string of the molecule is CC1CN(C[C@H](C)O)CCC1N. The van der Waals surface area contributed by atoms with E-state index in [1.807, 2.05) is 6.92 Å². The van der Waals surface area contributed by atoms with E-state index in [2.05, 4.69) is 11.8 Å². The van der Waals surface area contributed by atoms with E-state index >= 15 is 0 Å². The zero-order valence-corrected chi connectivity index (χ0v) is 8.03. The summed E-state index contributed by atoms with van der Waals surface area (Å²) in [6.07, 6.45) is 0.847. The fourth-order valence-electron chi connectivity index (χ4n) is 1.79. The summed E-state index contributed by atoms with van der Waals surface area (Å²) in [6.45, 7) is 6.87. The molecule has 2 unspecified atom stereocenters. The molecular formula is C9H20N2O. The fraction of sp³-hybridized carbons (Fsp3) is 1.00. The van der Waals surface area contributed by atoms with Crippen molar-refractivity contribution in [2.45, 2.75) is 32.4 Å². The van der Waals surface area contributed by atoms with Crippen LogP contribution in [-0.2, 0) is 0 Å². The average molecular weight is 172 g/mol. The van der Waals surface area contributed by atoms with Crippen LogP contribution in [-0.4, -0.2) is 41.8 Å². The Balaban J connectivity index is 2.30. The normalized spacial score (nSPS) is 35.0. The molecule has 72 valence electrons. The van der Waals surface area contributed by atoms with Gasteiger partial charge in [-0.25, -0.2) is 0 Å². The van der Waals surface area contributed by atoms with Gasteiger partial charge in [0.25, 0.3) is 0 Å². The second-order valence-corrected chi connectivity index (χ2v) is 4.04. The molecule has 0 bridgehead atoms. The Morgan fingerprint density at radius 1 is 1.67 bits per heavy atom. The molecule has 0 saturated carbocycles. The summed E-state index contributed by atoms with van der Waals surface area (Å²) in [5.41, 5.74) is 5.88. The van der Waals surface area contributed by atoms with Gasteiger partial charge in [0.05, 0.1) is 6.10 Å². The quantitative estimate of drug-likeness (QED) is 0.618. The van der Waals surface area contributed by atoms with Crippen molar-refractivity contribution in [3.63, 3.8) is 0 Å². The fourth-order valence-corrected chi connectivity index (χ4v) is 1.79. The lowest BCUT2D eigenvalue weighted by Crippen LogP contribution is -2.47. The van der Waals surface area contributed by atoms with Crippen molar-refractivity contribution in [3.05, 3.63) is 0 Å². The van der Waals surface area contributed by atoms with Gasteiger partial charge in [0.15, 0.2) is 0 Å². The van der Waals surface area contributed by atoms with Crippen LogP contribution in [0.1, 0.15) is 20.3 Å². The molecule has 0 radical (unpaired) electrons. The number of aliphatic hydroxyl groups is 1. The van der Waals surface area contributed by atoms with Crippen LogP contribution in [0.5, 0.6) is 0 Å². The van der Waals surface area contributed by atoms with Crippen LogP contribution in [0.15, 0.2) is 0 Å². The average Bonchev–Trinajstić information content (AvgIpc) is 1.96. The summed E-state index contributed by atoms with van der Waals surface area (Å²) >= 11 is 0. The number of likely N-dealkylation sites (tertiary alicyclic amines) is 1. The van der Waals surface area contributed by atoms with Crippen LogP contribution in [0.25, 0.3) is 0 Å². The predicted octanol–water partition coefficient (Wildman–Crippen LogP) is 0.0363. The van der Waals surface area contributed by atoms with Gasteiger partial charge in [-0.3, -0.25) is 0 Å². The molecule has 1 fully saturated rings. The molecule has 3 nitrogen and oxygen atoms in total. The molecule has 0 amide bonds. The molecule has 3 N–H and O–H groups in total. The highest BCUT2D eigenvalue weighted by molar-refractivity contribution is 4.80. The van der Waals surface area contributed by atoms with E-state index in [0.717, 1.165) is 26.1 Å². The summed E-state index contributed by atoms with van der Waals surface area (Å²) in [5, 5.41) is 9.18. The Bertz CT molecular complexity index is 138. The Hall–Kier alpha value is -0.120. The summed E-state index contributed by atoms with van der Waals surface area (Å²) in [4.78, 5) is 2.29. The van der Waals surface area contributed by atoms with Gasteiger partial charge in [0.1, 0.15) is 0 Å². The summed E-state index contributed by atoms with van der Waals surface area (Å²) in [5.74, 6) is 0.567. The topological polar surface area (TPSA) is 49.5 Å². The van der Waals surface area contributed by atoms with E-state index in [9.17, 15) is 5.11 Å². The highest BCUT2D eigenvalue weighted by Gasteiger charge is 2.23. The van der Waals surface area contributed by atoms with Gasteiger partial charge < -0.3 is 15.7 Å². The monoisotopic (exact) mass is 172 g/mol. The Morgan fingerprint density at radius 3 is 2.83 bits per heavy atom. The molecule has 1 aliphatic heterocycles. The maximum atomic E-state index is 9.18. The van der Waals surface area contributed by atoms with Gasteiger partial charge in [0, 0.05) is 19.1 Å². The first-order valence-electron chi connectivity index (χ1n) is 4.75. The second kappa shape index (κ2) is 4.21. The minimum absolute atomic E-state index is 0.216. The largest absolute Gasteiger partial charge is 0.392 e. The van der Waals surface area contributed by atoms with E-state index in [0.29, 0.717) is 12.0 Å². The molecule has 12 heavy (non-hydrogen) atoms. The van der Waals surface area contributed by atoms with Crippen molar-refractivity contribution in [2.75, 3.05) is 19.6 Å². The number of aliphatic hydroxyl groups excluding tert-OH is 1.